The Balaban J connectivity index is 1.76. The van der Waals surface area contributed by atoms with Crippen LogP contribution in [0.5, 0.6) is 5.75 Å². The van der Waals surface area contributed by atoms with E-state index in [9.17, 15) is 9.59 Å². The molecule has 2 rings (SSSR count). The second-order valence-corrected chi connectivity index (χ2v) is 5.48. The van der Waals surface area contributed by atoms with Crippen LogP contribution in [0, 0.1) is 6.92 Å². The Labute approximate surface area is 142 Å². The molecule has 0 bridgehead atoms. The first-order chi connectivity index (χ1) is 11.6. The first kappa shape index (κ1) is 17.5. The minimum atomic E-state index is -0.183. The molecule has 126 valence electrons. The lowest BCUT2D eigenvalue weighted by molar-refractivity contribution is -0.116. The number of anilines is 1. The topological polar surface area (TPSA) is 67.4 Å². The standard InChI is InChI=1S/C19H22N2O3/c1-14-6-3-9-17(12-14)24-11-5-10-18(22)21-16-8-4-7-15(13-16)19(23)20-2/h3-4,6-9,12-13H,5,10-11H2,1-2H3,(H,20,23)(H,21,22). The second-order valence-electron chi connectivity index (χ2n) is 5.48. The van der Waals surface area contributed by atoms with Gasteiger partial charge in [-0.2, -0.15) is 0 Å². The van der Waals surface area contributed by atoms with Crippen molar-refractivity contribution in [1.29, 1.82) is 0 Å². The lowest BCUT2D eigenvalue weighted by Crippen LogP contribution is -2.18. The molecule has 0 aliphatic heterocycles. The number of nitrogens with one attached hydrogen (secondary N) is 2. The third kappa shape index (κ3) is 5.43. The van der Waals surface area contributed by atoms with Crippen LogP contribution in [0.25, 0.3) is 0 Å². The molecule has 2 aromatic carbocycles. The molecule has 0 aliphatic rings. The highest BCUT2D eigenvalue weighted by Gasteiger charge is 2.06. The molecule has 2 N–H and O–H groups in total. The summed E-state index contributed by atoms with van der Waals surface area (Å²) < 4.78 is 5.62. The number of ether oxygens (including phenoxy) is 1. The van der Waals surface area contributed by atoms with Crippen molar-refractivity contribution >= 4 is 17.5 Å². The van der Waals surface area contributed by atoms with Crippen LogP contribution in [0.2, 0.25) is 0 Å². The molecule has 0 saturated carbocycles. The van der Waals surface area contributed by atoms with Gasteiger partial charge in [-0.05, 0) is 49.2 Å². The maximum atomic E-state index is 12.0. The number of amides is 2. The smallest absolute Gasteiger partial charge is 0.251 e. The largest absolute Gasteiger partial charge is 0.494 e. The van der Waals surface area contributed by atoms with Crippen molar-refractivity contribution in [2.75, 3.05) is 19.0 Å². The molecule has 0 aromatic heterocycles. The van der Waals surface area contributed by atoms with Crippen molar-refractivity contribution in [3.05, 3.63) is 59.7 Å². The molecule has 0 spiro atoms. The van der Waals surface area contributed by atoms with Crippen LogP contribution in [0.4, 0.5) is 5.69 Å². The molecule has 5 nitrogen and oxygen atoms in total. The van der Waals surface area contributed by atoms with Crippen LogP contribution >= 0.6 is 0 Å². The average Bonchev–Trinajstić information content (AvgIpc) is 2.58. The fourth-order valence-corrected chi connectivity index (χ4v) is 2.23. The SMILES string of the molecule is CNC(=O)c1cccc(NC(=O)CCCOc2cccc(C)c2)c1. The molecule has 0 fully saturated rings. The molecule has 0 radical (unpaired) electrons. The first-order valence-electron chi connectivity index (χ1n) is 7.90. The van der Waals surface area contributed by atoms with Crippen LogP contribution < -0.4 is 15.4 Å². The number of carbonyl (C=O) groups is 2. The Hall–Kier alpha value is -2.82. The maximum Gasteiger partial charge on any atom is 0.251 e. The summed E-state index contributed by atoms with van der Waals surface area (Å²) in [6.07, 6.45) is 0.977. The summed E-state index contributed by atoms with van der Waals surface area (Å²) in [6.45, 7) is 2.49. The number of rotatable bonds is 7. The highest BCUT2D eigenvalue weighted by Crippen LogP contribution is 2.14. The fraction of sp³-hybridized carbons (Fsp3) is 0.263. The number of carbonyl (C=O) groups excluding carboxylic acids is 2. The predicted octanol–water partition coefficient (Wildman–Crippen LogP) is 3.15. The highest BCUT2D eigenvalue weighted by atomic mass is 16.5. The Kier molecular flexibility index (Phi) is 6.37. The zero-order chi connectivity index (χ0) is 17.4. The Morgan fingerprint density at radius 1 is 1.08 bits per heavy atom. The van der Waals surface area contributed by atoms with E-state index in [2.05, 4.69) is 10.6 Å². The van der Waals surface area contributed by atoms with E-state index < -0.39 is 0 Å². The van der Waals surface area contributed by atoms with E-state index in [-0.39, 0.29) is 11.8 Å². The Morgan fingerprint density at radius 2 is 1.88 bits per heavy atom. The lowest BCUT2D eigenvalue weighted by Gasteiger charge is -2.08. The van der Waals surface area contributed by atoms with E-state index in [1.807, 2.05) is 31.2 Å². The van der Waals surface area contributed by atoms with Gasteiger partial charge < -0.3 is 15.4 Å². The Morgan fingerprint density at radius 3 is 2.62 bits per heavy atom. The summed E-state index contributed by atoms with van der Waals surface area (Å²) in [6, 6.07) is 14.7. The quantitative estimate of drug-likeness (QED) is 0.768. The molecule has 5 heteroatoms. The maximum absolute atomic E-state index is 12.0. The number of hydrogen-bond acceptors (Lipinski definition) is 3. The van der Waals surface area contributed by atoms with Gasteiger partial charge in [0.25, 0.3) is 5.91 Å². The molecule has 0 saturated heterocycles. The van der Waals surface area contributed by atoms with Gasteiger partial charge in [0.2, 0.25) is 5.91 Å². The van der Waals surface area contributed by atoms with Crippen molar-refractivity contribution < 1.29 is 14.3 Å². The van der Waals surface area contributed by atoms with Crippen molar-refractivity contribution in [2.45, 2.75) is 19.8 Å². The lowest BCUT2D eigenvalue weighted by atomic mass is 10.2. The minimum Gasteiger partial charge on any atom is -0.494 e. The third-order valence-electron chi connectivity index (χ3n) is 3.44. The minimum absolute atomic E-state index is 0.100. The van der Waals surface area contributed by atoms with Crippen molar-refractivity contribution in [3.63, 3.8) is 0 Å². The highest BCUT2D eigenvalue weighted by molar-refractivity contribution is 5.97. The molecule has 2 amide bonds. The Bertz CT molecular complexity index is 713. The van der Waals surface area contributed by atoms with Crippen molar-refractivity contribution in [1.82, 2.24) is 5.32 Å². The third-order valence-corrected chi connectivity index (χ3v) is 3.44. The normalized spacial score (nSPS) is 10.1. The summed E-state index contributed by atoms with van der Waals surface area (Å²) >= 11 is 0. The van der Waals surface area contributed by atoms with Crippen LogP contribution in [0.1, 0.15) is 28.8 Å². The molecule has 0 aliphatic carbocycles. The van der Waals surface area contributed by atoms with Crippen LogP contribution in [0.3, 0.4) is 0 Å². The number of benzene rings is 2. The van der Waals surface area contributed by atoms with Crippen LogP contribution in [-0.2, 0) is 4.79 Å². The van der Waals surface area contributed by atoms with E-state index in [0.29, 0.717) is 30.7 Å². The van der Waals surface area contributed by atoms with Gasteiger partial charge in [0.15, 0.2) is 0 Å². The van der Waals surface area contributed by atoms with Gasteiger partial charge in [-0.1, -0.05) is 18.2 Å². The fourth-order valence-electron chi connectivity index (χ4n) is 2.23. The molecular weight excluding hydrogens is 304 g/mol. The van der Waals surface area contributed by atoms with Gasteiger partial charge in [-0.25, -0.2) is 0 Å². The van der Waals surface area contributed by atoms with E-state index >= 15 is 0 Å². The predicted molar refractivity (Wildman–Crippen MR) is 94.4 cm³/mol. The number of hydrogen-bond donors (Lipinski definition) is 2. The van der Waals surface area contributed by atoms with Gasteiger partial charge >= 0.3 is 0 Å². The van der Waals surface area contributed by atoms with Gasteiger partial charge in [-0.15, -0.1) is 0 Å². The average molecular weight is 326 g/mol. The van der Waals surface area contributed by atoms with Crippen molar-refractivity contribution in [3.8, 4) is 5.75 Å². The summed E-state index contributed by atoms with van der Waals surface area (Å²) in [5.41, 5.74) is 2.26. The van der Waals surface area contributed by atoms with Gasteiger partial charge in [0, 0.05) is 24.7 Å². The zero-order valence-electron chi connectivity index (χ0n) is 14.0. The summed E-state index contributed by atoms with van der Waals surface area (Å²) in [5.74, 6) is 0.531. The van der Waals surface area contributed by atoms with Gasteiger partial charge in [0.05, 0.1) is 6.61 Å². The van der Waals surface area contributed by atoms with Crippen LogP contribution in [0.15, 0.2) is 48.5 Å². The van der Waals surface area contributed by atoms with Crippen molar-refractivity contribution in [2.24, 2.45) is 0 Å². The molecule has 2 aromatic rings. The van der Waals surface area contributed by atoms with E-state index in [1.54, 1.807) is 31.3 Å². The monoisotopic (exact) mass is 326 g/mol. The van der Waals surface area contributed by atoms with E-state index in [0.717, 1.165) is 11.3 Å². The van der Waals surface area contributed by atoms with E-state index in [4.69, 9.17) is 4.74 Å². The number of aryl methyl sites for hydroxylation is 1. The summed E-state index contributed by atoms with van der Waals surface area (Å²) in [4.78, 5) is 23.5. The van der Waals surface area contributed by atoms with E-state index in [1.165, 1.54) is 0 Å². The zero-order valence-corrected chi connectivity index (χ0v) is 14.0. The molecule has 0 unspecified atom stereocenters. The second kappa shape index (κ2) is 8.72. The molecule has 0 heterocycles. The van der Waals surface area contributed by atoms with Gasteiger partial charge in [-0.3, -0.25) is 9.59 Å². The first-order valence-corrected chi connectivity index (χ1v) is 7.90. The van der Waals surface area contributed by atoms with Gasteiger partial charge in [0.1, 0.15) is 5.75 Å². The van der Waals surface area contributed by atoms with Crippen LogP contribution in [-0.4, -0.2) is 25.5 Å². The molecule has 0 atom stereocenters. The summed E-state index contributed by atoms with van der Waals surface area (Å²) in [7, 11) is 1.57. The summed E-state index contributed by atoms with van der Waals surface area (Å²) in [5, 5.41) is 5.35. The molecular formula is C19H22N2O3. The molecule has 24 heavy (non-hydrogen) atoms.